The van der Waals surface area contributed by atoms with Crippen LogP contribution in [0.4, 0.5) is 0 Å². The number of carbonyl (C=O) groups is 1. The third-order valence-electron chi connectivity index (χ3n) is 3.61. The van der Waals surface area contributed by atoms with Gasteiger partial charge in [0.25, 0.3) is 0 Å². The van der Waals surface area contributed by atoms with Crippen molar-refractivity contribution in [3.63, 3.8) is 0 Å². The van der Waals surface area contributed by atoms with Crippen LogP contribution in [0.5, 0.6) is 0 Å². The van der Waals surface area contributed by atoms with Crippen LogP contribution < -0.4 is 0 Å². The summed E-state index contributed by atoms with van der Waals surface area (Å²) < 4.78 is 11.9. The highest BCUT2D eigenvalue weighted by atomic mass is 31.2. The van der Waals surface area contributed by atoms with Crippen LogP contribution in [-0.2, 0) is 9.36 Å². The molecule has 0 spiro atoms. The van der Waals surface area contributed by atoms with Gasteiger partial charge >= 0.3 is 13.6 Å². The van der Waals surface area contributed by atoms with Gasteiger partial charge in [0.1, 0.15) is 0 Å². The van der Waals surface area contributed by atoms with Crippen molar-refractivity contribution in [3.05, 3.63) is 23.8 Å². The number of carboxylic acid groups (broad SMARTS) is 1. The number of allylic oxidation sites excluding steroid dienone is 2. The molecule has 0 saturated carbocycles. The molecule has 0 aromatic carbocycles. The third-order valence-corrected chi connectivity index (χ3v) is 5.63. The van der Waals surface area contributed by atoms with Gasteiger partial charge in [-0.15, -0.1) is 6.58 Å². The molecule has 19 heavy (non-hydrogen) atoms. The second kappa shape index (κ2) is 7.04. The molecule has 0 aromatic heterocycles. The average molecular weight is 290 g/mol. The molecule has 0 heterocycles. The van der Waals surface area contributed by atoms with Crippen molar-refractivity contribution in [2.24, 2.45) is 0 Å². The first-order valence-corrected chi connectivity index (χ1v) is 7.95. The van der Waals surface area contributed by atoms with Crippen molar-refractivity contribution in [2.75, 3.05) is 0 Å². The lowest BCUT2D eigenvalue weighted by Crippen LogP contribution is -2.32. The molecule has 0 saturated heterocycles. The van der Waals surface area contributed by atoms with E-state index in [-0.39, 0.29) is 31.3 Å². The monoisotopic (exact) mass is 290 g/mol. The summed E-state index contributed by atoms with van der Waals surface area (Å²) >= 11 is 0. The van der Waals surface area contributed by atoms with Crippen LogP contribution in [0.2, 0.25) is 0 Å². The van der Waals surface area contributed by atoms with Crippen LogP contribution in [0.1, 0.15) is 46.5 Å². The number of rotatable bonds is 8. The van der Waals surface area contributed by atoms with E-state index in [9.17, 15) is 24.3 Å². The predicted octanol–water partition coefficient (Wildman–Crippen LogP) is 3.09. The van der Waals surface area contributed by atoms with E-state index in [2.05, 4.69) is 6.58 Å². The number of hydrogen-bond donors (Lipinski definition) is 3. The number of hydrogen-bond acceptors (Lipinski definition) is 2. The second-order valence-electron chi connectivity index (χ2n) is 4.39. The summed E-state index contributed by atoms with van der Waals surface area (Å²) in [5, 5.41) is 7.83. The summed E-state index contributed by atoms with van der Waals surface area (Å²) in [5.74, 6) is -1.13. The van der Waals surface area contributed by atoms with Gasteiger partial charge in [0.2, 0.25) is 0 Å². The van der Waals surface area contributed by atoms with Crippen molar-refractivity contribution in [2.45, 2.75) is 51.6 Å². The zero-order valence-electron chi connectivity index (χ0n) is 11.7. The molecule has 0 bridgehead atoms. The summed E-state index contributed by atoms with van der Waals surface area (Å²) in [4.78, 5) is 30.7. The van der Waals surface area contributed by atoms with Crippen LogP contribution in [0.3, 0.4) is 0 Å². The minimum Gasteiger partial charge on any atom is -0.478 e. The Bertz CT molecular complexity index is 415. The summed E-state index contributed by atoms with van der Waals surface area (Å²) in [6.07, 6.45) is 2.26. The minimum atomic E-state index is -4.47. The molecular weight excluding hydrogens is 267 g/mol. The Labute approximate surface area is 114 Å². The van der Waals surface area contributed by atoms with E-state index < -0.39 is 18.7 Å². The van der Waals surface area contributed by atoms with Gasteiger partial charge in [0, 0.05) is 5.57 Å². The zero-order valence-corrected chi connectivity index (χ0v) is 12.6. The highest BCUT2D eigenvalue weighted by molar-refractivity contribution is 7.53. The van der Waals surface area contributed by atoms with Gasteiger partial charge in [-0.2, -0.15) is 0 Å². The maximum atomic E-state index is 11.9. The molecule has 0 radical (unpaired) electrons. The Hall–Kier alpha value is -0.900. The normalized spacial score (nSPS) is 13.9. The SMILES string of the molecule is C=CC/C(=C(/CC)C(=O)O)C(CC)(CC)P(=O)(O)O. The van der Waals surface area contributed by atoms with Gasteiger partial charge in [-0.3, -0.25) is 4.57 Å². The molecule has 6 heteroatoms. The molecule has 0 rings (SSSR count). The topological polar surface area (TPSA) is 94.8 Å². The zero-order chi connectivity index (χ0) is 15.3. The lowest BCUT2D eigenvalue weighted by molar-refractivity contribution is -0.132. The average Bonchev–Trinajstić information content (AvgIpc) is 2.29. The maximum absolute atomic E-state index is 11.9. The molecular formula is C13H23O5P. The Balaban J connectivity index is 6.31. The summed E-state index contributed by atoms with van der Waals surface area (Å²) in [6, 6.07) is 0. The quantitative estimate of drug-likeness (QED) is 0.363. The summed E-state index contributed by atoms with van der Waals surface area (Å²) in [6.45, 7) is 8.56. The van der Waals surface area contributed by atoms with E-state index >= 15 is 0 Å². The molecule has 0 aliphatic heterocycles. The van der Waals surface area contributed by atoms with E-state index in [0.29, 0.717) is 5.57 Å². The van der Waals surface area contributed by atoms with E-state index in [1.807, 2.05) is 0 Å². The fourth-order valence-corrected chi connectivity index (χ4v) is 3.90. The molecule has 110 valence electrons. The Kier molecular flexibility index (Phi) is 6.70. The molecule has 0 fully saturated rings. The number of aliphatic carboxylic acids is 1. The molecule has 0 atom stereocenters. The van der Waals surface area contributed by atoms with Crippen molar-refractivity contribution < 1.29 is 24.3 Å². The highest BCUT2D eigenvalue weighted by Gasteiger charge is 2.47. The lowest BCUT2D eigenvalue weighted by Gasteiger charge is -2.36. The molecule has 0 amide bonds. The van der Waals surface area contributed by atoms with E-state index in [1.165, 1.54) is 6.08 Å². The Morgan fingerprint density at radius 2 is 1.74 bits per heavy atom. The van der Waals surface area contributed by atoms with Crippen molar-refractivity contribution >= 4 is 13.6 Å². The fourth-order valence-electron chi connectivity index (χ4n) is 2.50. The first-order valence-electron chi connectivity index (χ1n) is 6.34. The van der Waals surface area contributed by atoms with Crippen LogP contribution >= 0.6 is 7.60 Å². The Morgan fingerprint density at radius 1 is 1.26 bits per heavy atom. The largest absolute Gasteiger partial charge is 0.478 e. The smallest absolute Gasteiger partial charge is 0.335 e. The van der Waals surface area contributed by atoms with Gasteiger partial charge in [-0.05, 0) is 31.3 Å². The van der Waals surface area contributed by atoms with Gasteiger partial charge in [0.15, 0.2) is 0 Å². The summed E-state index contributed by atoms with van der Waals surface area (Å²) in [7, 11) is -4.47. The predicted molar refractivity (Wildman–Crippen MR) is 75.1 cm³/mol. The molecule has 0 unspecified atom stereocenters. The minimum absolute atomic E-state index is 0.0759. The van der Waals surface area contributed by atoms with Gasteiger partial charge < -0.3 is 14.9 Å². The standard InChI is InChI=1S/C13H23O5P/c1-5-9-11(10(6-2)12(14)15)13(7-3,8-4)19(16,17)18/h5H,1,6-9H2,2-4H3,(H,14,15)(H2,16,17,18)/b11-10+. The summed E-state index contributed by atoms with van der Waals surface area (Å²) in [5.41, 5.74) is 0.378. The van der Waals surface area contributed by atoms with Crippen LogP contribution in [0, 0.1) is 0 Å². The van der Waals surface area contributed by atoms with Gasteiger partial charge in [-0.25, -0.2) is 4.79 Å². The second-order valence-corrected chi connectivity index (χ2v) is 6.34. The van der Waals surface area contributed by atoms with E-state index in [0.717, 1.165) is 0 Å². The van der Waals surface area contributed by atoms with Crippen molar-refractivity contribution in [1.29, 1.82) is 0 Å². The fraction of sp³-hybridized carbons (Fsp3) is 0.615. The van der Waals surface area contributed by atoms with E-state index in [4.69, 9.17) is 0 Å². The third kappa shape index (κ3) is 3.56. The molecule has 0 aliphatic carbocycles. The first kappa shape index (κ1) is 18.1. The van der Waals surface area contributed by atoms with Crippen molar-refractivity contribution in [3.8, 4) is 0 Å². The van der Waals surface area contributed by atoms with Crippen LogP contribution in [0.15, 0.2) is 23.8 Å². The van der Waals surface area contributed by atoms with Gasteiger partial charge in [0.05, 0.1) is 5.16 Å². The molecule has 5 nitrogen and oxygen atoms in total. The molecule has 0 aliphatic rings. The number of carboxylic acids is 1. The van der Waals surface area contributed by atoms with Crippen LogP contribution in [0.25, 0.3) is 0 Å². The maximum Gasteiger partial charge on any atom is 0.335 e. The Morgan fingerprint density at radius 3 is 1.95 bits per heavy atom. The van der Waals surface area contributed by atoms with Gasteiger partial charge in [-0.1, -0.05) is 26.8 Å². The van der Waals surface area contributed by atoms with E-state index in [1.54, 1.807) is 20.8 Å². The van der Waals surface area contributed by atoms with Crippen LogP contribution in [-0.4, -0.2) is 26.0 Å². The molecule has 0 aromatic rings. The molecule has 3 N–H and O–H groups in total. The lowest BCUT2D eigenvalue weighted by atomic mass is 9.85. The highest BCUT2D eigenvalue weighted by Crippen LogP contribution is 2.59. The first-order chi connectivity index (χ1) is 8.71. The van der Waals surface area contributed by atoms with Crippen molar-refractivity contribution in [1.82, 2.24) is 0 Å².